The maximum absolute atomic E-state index is 13.4. The van der Waals surface area contributed by atoms with Crippen LogP contribution in [0.2, 0.25) is 0 Å². The van der Waals surface area contributed by atoms with E-state index in [1.54, 1.807) is 18.3 Å². The number of unbranched alkanes of at least 4 members (excludes halogenated alkanes) is 2. The molecular weight excluding hydrogens is 464 g/mol. The van der Waals surface area contributed by atoms with Crippen molar-refractivity contribution < 1.29 is 19.1 Å². The van der Waals surface area contributed by atoms with Crippen molar-refractivity contribution in [3.8, 4) is 11.6 Å². The maximum atomic E-state index is 13.4. The van der Waals surface area contributed by atoms with Crippen LogP contribution in [0.4, 0.5) is 5.69 Å². The number of rotatable bonds is 11. The molecule has 1 aromatic heterocycles. The second-order valence-electron chi connectivity index (χ2n) is 10.3. The van der Waals surface area contributed by atoms with Gasteiger partial charge in [-0.25, -0.2) is 9.78 Å². The molecule has 6 heteroatoms. The summed E-state index contributed by atoms with van der Waals surface area (Å²) in [6.07, 6.45) is 5.99. The number of para-hydroxylation sites is 1. The fourth-order valence-corrected chi connectivity index (χ4v) is 4.38. The van der Waals surface area contributed by atoms with E-state index in [2.05, 4.69) is 38.0 Å². The Kier molecular flexibility index (Phi) is 9.84. The van der Waals surface area contributed by atoms with Crippen molar-refractivity contribution in [1.29, 1.82) is 0 Å². The van der Waals surface area contributed by atoms with Crippen molar-refractivity contribution in [2.75, 3.05) is 12.4 Å². The number of hydrogen-bond acceptors (Lipinski definition) is 5. The van der Waals surface area contributed by atoms with Gasteiger partial charge in [0.1, 0.15) is 5.75 Å². The molecule has 1 amide bonds. The Morgan fingerprint density at radius 3 is 2.43 bits per heavy atom. The fraction of sp³-hybridized carbons (Fsp3) is 0.387. The molecule has 1 heterocycles. The average Bonchev–Trinajstić information content (AvgIpc) is 2.88. The summed E-state index contributed by atoms with van der Waals surface area (Å²) in [5, 5.41) is 3.09. The molecule has 0 saturated heterocycles. The number of carbonyl (C=O) groups excluding carboxylic acids is 2. The number of methoxy groups -OCH3 is 1. The van der Waals surface area contributed by atoms with Crippen LogP contribution in [0.3, 0.4) is 0 Å². The number of nitrogens with one attached hydrogen (secondary N) is 1. The summed E-state index contributed by atoms with van der Waals surface area (Å²) >= 11 is 0. The van der Waals surface area contributed by atoms with Crippen LogP contribution in [-0.4, -0.2) is 24.0 Å². The van der Waals surface area contributed by atoms with Crippen LogP contribution < -0.4 is 10.1 Å². The quantitative estimate of drug-likeness (QED) is 0.215. The number of esters is 1. The zero-order chi connectivity index (χ0) is 26.8. The lowest BCUT2D eigenvalue weighted by atomic mass is 9.85. The zero-order valence-electron chi connectivity index (χ0n) is 22.5. The molecule has 0 aliphatic carbocycles. The number of hydrogen-bond donors (Lipinski definition) is 1. The molecule has 1 N–H and O–H groups in total. The monoisotopic (exact) mass is 502 g/mol. The van der Waals surface area contributed by atoms with Gasteiger partial charge in [0, 0.05) is 23.9 Å². The van der Waals surface area contributed by atoms with Gasteiger partial charge in [-0.2, -0.15) is 0 Å². The highest BCUT2D eigenvalue weighted by molar-refractivity contribution is 5.96. The van der Waals surface area contributed by atoms with Gasteiger partial charge in [-0.05, 0) is 53.6 Å². The van der Waals surface area contributed by atoms with E-state index in [0.29, 0.717) is 22.9 Å². The third kappa shape index (κ3) is 7.91. The van der Waals surface area contributed by atoms with Gasteiger partial charge in [0.25, 0.3) is 0 Å². The number of aromatic nitrogens is 1. The zero-order valence-corrected chi connectivity index (χ0v) is 22.5. The lowest BCUT2D eigenvalue weighted by Gasteiger charge is -2.24. The van der Waals surface area contributed by atoms with E-state index in [1.165, 1.54) is 7.11 Å². The predicted octanol–water partition coefficient (Wildman–Crippen LogP) is 7.65. The Hall–Kier alpha value is -3.67. The molecule has 2 aromatic carbocycles. The molecule has 6 nitrogen and oxygen atoms in total. The van der Waals surface area contributed by atoms with Gasteiger partial charge in [0.05, 0.1) is 12.7 Å². The van der Waals surface area contributed by atoms with Gasteiger partial charge in [-0.15, -0.1) is 0 Å². The molecule has 3 aromatic rings. The molecule has 1 atom stereocenters. The highest BCUT2D eigenvalue weighted by atomic mass is 16.5. The van der Waals surface area contributed by atoms with Crippen molar-refractivity contribution in [2.24, 2.45) is 0 Å². The van der Waals surface area contributed by atoms with Crippen molar-refractivity contribution in [3.63, 3.8) is 0 Å². The van der Waals surface area contributed by atoms with Crippen LogP contribution in [0.5, 0.6) is 11.6 Å². The molecule has 0 bridgehead atoms. The van der Waals surface area contributed by atoms with Crippen LogP contribution in [-0.2, 0) is 14.9 Å². The minimum Gasteiger partial charge on any atom is -0.465 e. The minimum absolute atomic E-state index is 0.0687. The van der Waals surface area contributed by atoms with Crippen LogP contribution in [0.15, 0.2) is 66.9 Å². The second kappa shape index (κ2) is 13.0. The molecule has 0 radical (unpaired) electrons. The van der Waals surface area contributed by atoms with Gasteiger partial charge >= 0.3 is 5.97 Å². The average molecular weight is 503 g/mol. The third-order valence-electron chi connectivity index (χ3n) is 6.31. The number of ether oxygens (including phenoxy) is 2. The molecular formula is C31H38N2O4. The molecule has 0 aliphatic heterocycles. The van der Waals surface area contributed by atoms with Gasteiger partial charge in [0.15, 0.2) is 0 Å². The first-order valence-corrected chi connectivity index (χ1v) is 12.9. The van der Waals surface area contributed by atoms with Crippen LogP contribution in [0.1, 0.15) is 87.2 Å². The number of carbonyl (C=O) groups is 2. The van der Waals surface area contributed by atoms with E-state index in [4.69, 9.17) is 9.47 Å². The first-order chi connectivity index (χ1) is 17.7. The lowest BCUT2D eigenvalue weighted by Crippen LogP contribution is -2.21. The summed E-state index contributed by atoms with van der Waals surface area (Å²) in [6, 6.07) is 18.7. The summed E-state index contributed by atoms with van der Waals surface area (Å²) < 4.78 is 11.0. The van der Waals surface area contributed by atoms with Crippen molar-refractivity contribution in [2.45, 2.75) is 71.1 Å². The largest absolute Gasteiger partial charge is 0.465 e. The topological polar surface area (TPSA) is 77.5 Å². The molecule has 0 saturated carbocycles. The minimum atomic E-state index is -0.438. The van der Waals surface area contributed by atoms with Crippen LogP contribution in [0, 0.1) is 0 Å². The van der Waals surface area contributed by atoms with Crippen molar-refractivity contribution >= 4 is 17.6 Å². The number of amides is 1. The highest BCUT2D eigenvalue weighted by Crippen LogP contribution is 2.35. The normalized spacial score (nSPS) is 12.0. The predicted molar refractivity (Wildman–Crippen MR) is 147 cm³/mol. The number of anilines is 1. The van der Waals surface area contributed by atoms with Gasteiger partial charge < -0.3 is 14.8 Å². The maximum Gasteiger partial charge on any atom is 0.337 e. The smallest absolute Gasteiger partial charge is 0.337 e. The van der Waals surface area contributed by atoms with Crippen LogP contribution >= 0.6 is 0 Å². The Bertz CT molecular complexity index is 1190. The molecule has 0 spiro atoms. The lowest BCUT2D eigenvalue weighted by molar-refractivity contribution is -0.116. The second-order valence-corrected chi connectivity index (χ2v) is 10.3. The molecule has 0 aliphatic rings. The Labute approximate surface area is 220 Å². The molecule has 0 fully saturated rings. The Morgan fingerprint density at radius 1 is 1.00 bits per heavy atom. The number of pyridine rings is 1. The van der Waals surface area contributed by atoms with E-state index in [0.717, 1.165) is 36.8 Å². The standard InChI is InChI=1S/C31H38N2O4/c1-6-7-9-13-22(25-16-12-19-32-29(25)37-24-14-10-8-11-15-24)21-28(34)33-27-20-23(30(35)36-5)17-18-26(27)31(2,3)4/h8,10-12,14-20,22H,6-7,9,13,21H2,1-5H3,(H,33,34). The van der Waals surface area contributed by atoms with Crippen LogP contribution in [0.25, 0.3) is 0 Å². The van der Waals surface area contributed by atoms with Crippen molar-refractivity contribution in [1.82, 2.24) is 4.98 Å². The van der Waals surface area contributed by atoms with Gasteiger partial charge in [0.2, 0.25) is 11.8 Å². The van der Waals surface area contributed by atoms with E-state index in [1.807, 2.05) is 48.5 Å². The highest BCUT2D eigenvalue weighted by Gasteiger charge is 2.24. The molecule has 196 valence electrons. The van der Waals surface area contributed by atoms with E-state index in [-0.39, 0.29) is 23.7 Å². The summed E-state index contributed by atoms with van der Waals surface area (Å²) in [7, 11) is 1.35. The summed E-state index contributed by atoms with van der Waals surface area (Å²) in [5.41, 5.74) is 2.66. The summed E-state index contributed by atoms with van der Waals surface area (Å²) in [5.74, 6) is 0.593. The summed E-state index contributed by atoms with van der Waals surface area (Å²) in [4.78, 5) is 30.1. The third-order valence-corrected chi connectivity index (χ3v) is 6.31. The fourth-order valence-electron chi connectivity index (χ4n) is 4.38. The SMILES string of the molecule is CCCCCC(CC(=O)Nc1cc(C(=O)OC)ccc1C(C)(C)C)c1cccnc1Oc1ccccc1. The van der Waals surface area contributed by atoms with E-state index < -0.39 is 5.97 Å². The van der Waals surface area contributed by atoms with E-state index >= 15 is 0 Å². The first kappa shape index (κ1) is 27.9. The van der Waals surface area contributed by atoms with Crippen molar-refractivity contribution in [3.05, 3.63) is 83.6 Å². The van der Waals surface area contributed by atoms with Gasteiger partial charge in [-0.3, -0.25) is 4.79 Å². The van der Waals surface area contributed by atoms with Gasteiger partial charge in [-0.1, -0.05) is 77.3 Å². The summed E-state index contributed by atoms with van der Waals surface area (Å²) in [6.45, 7) is 8.39. The Balaban J connectivity index is 1.88. The number of benzene rings is 2. The Morgan fingerprint density at radius 2 is 1.76 bits per heavy atom. The molecule has 1 unspecified atom stereocenters. The first-order valence-electron chi connectivity index (χ1n) is 12.9. The number of nitrogens with zero attached hydrogens (tertiary/aromatic N) is 1. The molecule has 3 rings (SSSR count). The van der Waals surface area contributed by atoms with E-state index in [9.17, 15) is 9.59 Å². The molecule has 37 heavy (non-hydrogen) atoms.